The number of β-lactam (4-membered cyclic amide) rings is 1. The maximum atomic E-state index is 12.8. The van der Waals surface area contributed by atoms with Gasteiger partial charge in [0.1, 0.15) is 40.9 Å². The number of anilines is 1. The number of Topliss-reactive ketones (excluding diaryl/α,β-unsaturated/α-hetero) is 1. The van der Waals surface area contributed by atoms with E-state index in [0.717, 1.165) is 16.2 Å². The molecule has 0 spiro atoms. The van der Waals surface area contributed by atoms with Crippen molar-refractivity contribution in [3.8, 4) is 11.5 Å². The summed E-state index contributed by atoms with van der Waals surface area (Å²) >= 11 is 2.25. The van der Waals surface area contributed by atoms with Gasteiger partial charge >= 0.3 is 5.97 Å². The van der Waals surface area contributed by atoms with Crippen molar-refractivity contribution >= 4 is 57.5 Å². The van der Waals surface area contributed by atoms with E-state index in [9.17, 15) is 34.6 Å². The summed E-state index contributed by atoms with van der Waals surface area (Å²) in [5, 5.41) is 35.3. The van der Waals surface area contributed by atoms with Crippen LogP contribution in [0.25, 0.3) is 0 Å². The Balaban J connectivity index is 1.47. The highest BCUT2D eigenvalue weighted by molar-refractivity contribution is 8.00. The molecule has 13 nitrogen and oxygen atoms in total. The Morgan fingerprint density at radius 1 is 1.36 bits per heavy atom. The third-order valence-electron chi connectivity index (χ3n) is 5.38. The van der Waals surface area contributed by atoms with Gasteiger partial charge in [0.15, 0.2) is 16.6 Å². The molecule has 36 heavy (non-hydrogen) atoms. The van der Waals surface area contributed by atoms with E-state index < -0.39 is 34.9 Å². The molecule has 2 aromatic rings. The normalized spacial score (nSPS) is 19.4. The van der Waals surface area contributed by atoms with Crippen LogP contribution >= 0.6 is 23.1 Å². The Bertz CT molecular complexity index is 1340. The zero-order chi connectivity index (χ0) is 26.1. The van der Waals surface area contributed by atoms with Crippen molar-refractivity contribution in [2.24, 2.45) is 5.16 Å². The lowest BCUT2D eigenvalue weighted by Gasteiger charge is -2.49. The first-order chi connectivity index (χ1) is 17.1. The Kier molecular flexibility index (Phi) is 6.85. The first-order valence-corrected chi connectivity index (χ1v) is 12.2. The number of benzene rings is 1. The van der Waals surface area contributed by atoms with Gasteiger partial charge in [-0.15, -0.1) is 23.1 Å². The number of aromatic hydroxyl groups is 1. The monoisotopic (exact) mass is 533 g/mol. The van der Waals surface area contributed by atoms with Crippen molar-refractivity contribution in [2.45, 2.75) is 18.3 Å². The van der Waals surface area contributed by atoms with Crippen LogP contribution in [-0.2, 0) is 14.4 Å². The summed E-state index contributed by atoms with van der Waals surface area (Å²) in [5.74, 6) is -3.07. The third kappa shape index (κ3) is 4.57. The summed E-state index contributed by atoms with van der Waals surface area (Å²) in [4.78, 5) is 53.8. The molecule has 1 fully saturated rings. The molecule has 188 valence electrons. The first-order valence-electron chi connectivity index (χ1n) is 10.2. The van der Waals surface area contributed by atoms with Crippen molar-refractivity contribution < 1.29 is 39.3 Å². The van der Waals surface area contributed by atoms with Gasteiger partial charge in [-0.05, 0) is 19.1 Å². The number of carboxylic acid groups (broad SMARTS) is 1. The SMILES string of the molecule is CC(=O)c1ccc(OCC2=C(C(=O)O)N3C(=O)C(NC(=O)/C(=N\O)c4csc(N)n4)[C@H]3SC2)cc1O. The average Bonchev–Trinajstić information content (AvgIpc) is 3.26. The number of nitrogens with zero attached hydrogens (tertiary/aromatic N) is 3. The minimum absolute atomic E-state index is 0.0327. The van der Waals surface area contributed by atoms with Crippen LogP contribution in [0.3, 0.4) is 0 Å². The number of nitrogens with one attached hydrogen (secondary N) is 1. The van der Waals surface area contributed by atoms with Gasteiger partial charge in [0.05, 0.1) is 5.56 Å². The predicted octanol–water partition coefficient (Wildman–Crippen LogP) is 0.629. The molecule has 2 aliphatic heterocycles. The molecule has 0 aliphatic carbocycles. The number of phenols is 1. The number of phenolic OH excluding ortho intramolecular Hbond substituents is 1. The lowest BCUT2D eigenvalue weighted by atomic mass is 10.0. The molecule has 2 atom stereocenters. The molecule has 0 radical (unpaired) electrons. The van der Waals surface area contributed by atoms with E-state index >= 15 is 0 Å². The van der Waals surface area contributed by atoms with Gasteiger partial charge in [0, 0.05) is 22.8 Å². The number of carbonyl (C=O) groups excluding carboxylic acids is 3. The summed E-state index contributed by atoms with van der Waals surface area (Å²) < 4.78 is 5.60. The maximum absolute atomic E-state index is 12.8. The Morgan fingerprint density at radius 2 is 2.11 bits per heavy atom. The number of aromatic nitrogens is 1. The van der Waals surface area contributed by atoms with Gasteiger partial charge in [0.25, 0.3) is 11.8 Å². The third-order valence-corrected chi connectivity index (χ3v) is 7.39. The Hall–Kier alpha value is -4.11. The van der Waals surface area contributed by atoms with E-state index in [-0.39, 0.29) is 51.7 Å². The fraction of sp³-hybridized carbons (Fsp3) is 0.238. The molecule has 1 saturated heterocycles. The number of nitrogen functional groups attached to an aromatic ring is 1. The van der Waals surface area contributed by atoms with E-state index in [1.54, 1.807) is 0 Å². The van der Waals surface area contributed by atoms with E-state index in [1.807, 2.05) is 0 Å². The van der Waals surface area contributed by atoms with Crippen LogP contribution in [0.1, 0.15) is 23.0 Å². The molecular formula is C21H19N5O8S2. The number of hydrogen-bond donors (Lipinski definition) is 5. The molecule has 1 unspecified atom stereocenters. The molecule has 0 saturated carbocycles. The second-order valence-electron chi connectivity index (χ2n) is 7.66. The lowest BCUT2D eigenvalue weighted by Crippen LogP contribution is -2.71. The van der Waals surface area contributed by atoms with Crippen LogP contribution in [0.4, 0.5) is 5.13 Å². The standard InChI is InChI=1S/C21H19N5O8S2/c1-8(27)11-3-2-10(4-13(11)28)34-5-9-6-35-19-15(18(30)26(19)16(9)20(31)32)24-17(29)14(25-33)12-7-36-21(22)23-12/h2-4,7,15,19,28,33H,5-6H2,1H3,(H2,22,23)(H,24,29)(H,31,32)/b25-14-/t15?,19-/m1/s1. The second kappa shape index (κ2) is 9.87. The number of ether oxygens (including phenoxy) is 1. The Morgan fingerprint density at radius 3 is 2.69 bits per heavy atom. The van der Waals surface area contributed by atoms with Crippen molar-refractivity contribution in [1.82, 2.24) is 15.2 Å². The minimum Gasteiger partial charge on any atom is -0.507 e. The lowest BCUT2D eigenvalue weighted by molar-refractivity contribution is -0.150. The number of carbonyl (C=O) groups is 4. The predicted molar refractivity (Wildman–Crippen MR) is 128 cm³/mol. The van der Waals surface area contributed by atoms with Crippen LogP contribution < -0.4 is 15.8 Å². The van der Waals surface area contributed by atoms with Gasteiger partial charge in [-0.25, -0.2) is 9.78 Å². The zero-order valence-corrected chi connectivity index (χ0v) is 20.1. The number of fused-ring (bicyclic) bond motifs is 1. The average molecular weight is 534 g/mol. The van der Waals surface area contributed by atoms with Crippen molar-refractivity contribution in [1.29, 1.82) is 0 Å². The summed E-state index contributed by atoms with van der Waals surface area (Å²) in [6.07, 6.45) is 0. The van der Waals surface area contributed by atoms with Crippen LogP contribution in [0.5, 0.6) is 11.5 Å². The van der Waals surface area contributed by atoms with Crippen molar-refractivity contribution in [3.05, 3.63) is 46.1 Å². The van der Waals surface area contributed by atoms with Crippen LogP contribution in [0.2, 0.25) is 0 Å². The molecule has 15 heteroatoms. The number of carboxylic acids is 1. The summed E-state index contributed by atoms with van der Waals surface area (Å²) in [5.41, 5.74) is 5.31. The van der Waals surface area contributed by atoms with E-state index in [1.165, 1.54) is 42.3 Å². The van der Waals surface area contributed by atoms with Crippen molar-refractivity contribution in [3.63, 3.8) is 0 Å². The van der Waals surface area contributed by atoms with Crippen LogP contribution in [-0.4, -0.2) is 78.4 Å². The molecule has 0 bridgehead atoms. The molecule has 3 heterocycles. The topological polar surface area (TPSA) is 205 Å². The van der Waals surface area contributed by atoms with Gasteiger partial charge in [0.2, 0.25) is 0 Å². The van der Waals surface area contributed by atoms with Crippen molar-refractivity contribution in [2.75, 3.05) is 18.1 Å². The minimum atomic E-state index is -1.35. The summed E-state index contributed by atoms with van der Waals surface area (Å²) in [7, 11) is 0. The van der Waals surface area contributed by atoms with Crippen LogP contribution in [0, 0.1) is 0 Å². The Labute approximate surface area is 211 Å². The number of thioether (sulfide) groups is 1. The number of rotatable bonds is 8. The summed E-state index contributed by atoms with van der Waals surface area (Å²) in [6.45, 7) is 1.12. The van der Waals surface area contributed by atoms with Gasteiger partial charge in [-0.3, -0.25) is 19.3 Å². The highest BCUT2D eigenvalue weighted by Crippen LogP contribution is 2.40. The smallest absolute Gasteiger partial charge is 0.352 e. The molecule has 4 rings (SSSR count). The zero-order valence-electron chi connectivity index (χ0n) is 18.5. The first kappa shape index (κ1) is 25.0. The summed E-state index contributed by atoms with van der Waals surface area (Å²) in [6, 6.07) is 3.05. The molecule has 1 aromatic carbocycles. The van der Waals surface area contributed by atoms with Crippen LogP contribution in [0.15, 0.2) is 40.0 Å². The largest absolute Gasteiger partial charge is 0.507 e. The second-order valence-corrected chi connectivity index (χ2v) is 9.66. The van der Waals surface area contributed by atoms with Gasteiger partial charge in [-0.1, -0.05) is 5.16 Å². The number of ketones is 1. The van der Waals surface area contributed by atoms with Gasteiger partial charge in [-0.2, -0.15) is 0 Å². The number of nitrogens with two attached hydrogens (primary N) is 1. The number of oxime groups is 1. The molecule has 1 aromatic heterocycles. The maximum Gasteiger partial charge on any atom is 0.352 e. The molecule has 6 N–H and O–H groups in total. The highest BCUT2D eigenvalue weighted by Gasteiger charge is 2.54. The number of aliphatic carboxylic acids is 1. The van der Waals surface area contributed by atoms with E-state index in [4.69, 9.17) is 10.5 Å². The molecule has 2 amide bonds. The fourth-order valence-electron chi connectivity index (χ4n) is 3.68. The quantitative estimate of drug-likeness (QED) is 0.105. The number of hydrogen-bond acceptors (Lipinski definition) is 12. The highest BCUT2D eigenvalue weighted by atomic mass is 32.2. The fourth-order valence-corrected chi connectivity index (χ4v) is 5.56. The number of amides is 2. The molecular weight excluding hydrogens is 514 g/mol. The number of thiazole rings is 1. The molecule has 2 aliphatic rings. The van der Waals surface area contributed by atoms with E-state index in [2.05, 4.69) is 15.5 Å². The van der Waals surface area contributed by atoms with E-state index in [0.29, 0.717) is 5.57 Å². The van der Waals surface area contributed by atoms with Gasteiger partial charge < -0.3 is 31.2 Å².